The van der Waals surface area contributed by atoms with Crippen molar-refractivity contribution in [2.45, 2.75) is 0 Å². The molecule has 0 saturated heterocycles. The fourth-order valence-corrected chi connectivity index (χ4v) is 5.32. The predicted molar refractivity (Wildman–Crippen MR) is 137 cm³/mol. The quantitative estimate of drug-likeness (QED) is 0.315. The van der Waals surface area contributed by atoms with E-state index in [0.717, 1.165) is 11.4 Å². The van der Waals surface area contributed by atoms with Gasteiger partial charge in [-0.05, 0) is 12.1 Å². The normalized spacial score (nSPS) is 11.8. The van der Waals surface area contributed by atoms with Gasteiger partial charge in [-0.1, -0.05) is 48.5 Å². The SMILES string of the molecule is C[n+]1ccc(-n2c3ccccc3c3ccc4c5ccccc5n(-c5cc[n+](C)cc5)c4c32)cc1. The second kappa shape index (κ2) is 7.03. The molecule has 0 spiro atoms. The first-order chi connectivity index (χ1) is 16.7. The average molecular weight is 441 g/mol. The summed E-state index contributed by atoms with van der Waals surface area (Å²) in [5.74, 6) is 0. The summed E-state index contributed by atoms with van der Waals surface area (Å²) in [5, 5.41) is 5.07. The molecular formula is C30H24N4+2. The summed E-state index contributed by atoms with van der Waals surface area (Å²) in [7, 11) is 4.11. The first-order valence-corrected chi connectivity index (χ1v) is 11.6. The summed E-state index contributed by atoms with van der Waals surface area (Å²) in [6.45, 7) is 0. The molecule has 4 heterocycles. The number of aromatic nitrogens is 4. The molecule has 0 aliphatic carbocycles. The lowest BCUT2D eigenvalue weighted by Gasteiger charge is -2.11. The maximum atomic E-state index is 2.42. The minimum atomic E-state index is 1.16. The van der Waals surface area contributed by atoms with E-state index in [9.17, 15) is 0 Å². The maximum Gasteiger partial charge on any atom is 0.170 e. The molecule has 0 aliphatic heterocycles. The van der Waals surface area contributed by atoms with E-state index in [0.29, 0.717) is 0 Å². The van der Waals surface area contributed by atoms with Crippen molar-refractivity contribution in [2.24, 2.45) is 14.1 Å². The number of para-hydroxylation sites is 2. The molecule has 162 valence electrons. The Balaban J connectivity index is 1.76. The number of pyridine rings is 2. The molecule has 0 unspecified atom stereocenters. The summed E-state index contributed by atoms with van der Waals surface area (Å²) in [5.41, 5.74) is 7.22. The minimum absolute atomic E-state index is 1.16. The lowest BCUT2D eigenvalue weighted by atomic mass is 10.1. The van der Waals surface area contributed by atoms with Crippen LogP contribution >= 0.6 is 0 Å². The van der Waals surface area contributed by atoms with Crippen molar-refractivity contribution < 1.29 is 9.13 Å². The van der Waals surface area contributed by atoms with Gasteiger partial charge in [0.05, 0.1) is 33.4 Å². The number of hydrogen-bond acceptors (Lipinski definition) is 0. The van der Waals surface area contributed by atoms with Gasteiger partial charge in [-0.3, -0.25) is 0 Å². The van der Waals surface area contributed by atoms with E-state index < -0.39 is 0 Å². The highest BCUT2D eigenvalue weighted by atomic mass is 15.1. The minimum Gasteiger partial charge on any atom is -0.307 e. The molecule has 7 aromatic rings. The smallest absolute Gasteiger partial charge is 0.170 e. The second-order valence-electron chi connectivity index (χ2n) is 9.01. The van der Waals surface area contributed by atoms with Crippen molar-refractivity contribution in [3.05, 3.63) is 110 Å². The third-order valence-electron chi connectivity index (χ3n) is 6.91. The fourth-order valence-electron chi connectivity index (χ4n) is 5.32. The zero-order chi connectivity index (χ0) is 22.8. The molecule has 34 heavy (non-hydrogen) atoms. The van der Waals surface area contributed by atoms with E-state index in [-0.39, 0.29) is 0 Å². The fraction of sp³-hybridized carbons (Fsp3) is 0.0667. The molecule has 7 rings (SSSR count). The van der Waals surface area contributed by atoms with Crippen molar-refractivity contribution in [2.75, 3.05) is 0 Å². The summed E-state index contributed by atoms with van der Waals surface area (Å²) < 4.78 is 9.00. The highest BCUT2D eigenvalue weighted by Crippen LogP contribution is 2.41. The van der Waals surface area contributed by atoms with Crippen molar-refractivity contribution in [3.8, 4) is 11.4 Å². The second-order valence-corrected chi connectivity index (χ2v) is 9.01. The van der Waals surface area contributed by atoms with E-state index in [1.165, 1.54) is 43.6 Å². The number of nitrogens with zero attached hydrogens (tertiary/aromatic N) is 4. The molecule has 4 aromatic heterocycles. The monoisotopic (exact) mass is 440 g/mol. The number of benzene rings is 3. The Hall–Kier alpha value is -4.44. The third-order valence-corrected chi connectivity index (χ3v) is 6.91. The van der Waals surface area contributed by atoms with Crippen molar-refractivity contribution in [3.63, 3.8) is 0 Å². The van der Waals surface area contributed by atoms with Gasteiger partial charge < -0.3 is 9.13 Å². The standard InChI is InChI=1S/C30H24N4/c1-31-17-13-21(14-18-31)33-27-9-5-3-7-23(27)25-11-12-26-24-8-4-6-10-28(24)34(30(26)29(25)33)22-15-19-32(2)20-16-22/h3-20H,1-2H3/q+2. The Bertz CT molecular complexity index is 1710. The van der Waals surface area contributed by atoms with Crippen LogP contribution in [-0.2, 0) is 14.1 Å². The van der Waals surface area contributed by atoms with E-state index in [1.807, 2.05) is 0 Å². The molecule has 4 nitrogen and oxygen atoms in total. The Morgan fingerprint density at radius 2 is 0.824 bits per heavy atom. The van der Waals surface area contributed by atoms with E-state index in [4.69, 9.17) is 0 Å². The highest BCUT2D eigenvalue weighted by Gasteiger charge is 2.21. The number of fused-ring (bicyclic) bond motifs is 7. The Kier molecular flexibility index (Phi) is 3.94. The first kappa shape index (κ1) is 19.1. The Morgan fingerprint density at radius 3 is 1.24 bits per heavy atom. The molecule has 0 radical (unpaired) electrons. The first-order valence-electron chi connectivity index (χ1n) is 11.6. The Labute approximate surface area is 197 Å². The molecule has 0 amide bonds. The van der Waals surface area contributed by atoms with Crippen LogP contribution < -0.4 is 9.13 Å². The molecule has 3 aromatic carbocycles. The van der Waals surface area contributed by atoms with E-state index >= 15 is 0 Å². The van der Waals surface area contributed by atoms with Gasteiger partial charge >= 0.3 is 0 Å². The van der Waals surface area contributed by atoms with Crippen LogP contribution in [0.1, 0.15) is 0 Å². The van der Waals surface area contributed by atoms with E-state index in [2.05, 4.69) is 142 Å². The lowest BCUT2D eigenvalue weighted by Crippen LogP contribution is -2.26. The zero-order valence-electron chi connectivity index (χ0n) is 19.2. The van der Waals surface area contributed by atoms with E-state index in [1.54, 1.807) is 0 Å². The van der Waals surface area contributed by atoms with Crippen molar-refractivity contribution in [1.29, 1.82) is 0 Å². The number of hydrogen-bond donors (Lipinski definition) is 0. The van der Waals surface area contributed by atoms with Crippen LogP contribution in [0.4, 0.5) is 0 Å². The Morgan fingerprint density at radius 1 is 0.441 bits per heavy atom. The van der Waals surface area contributed by atoms with Crippen LogP contribution in [0, 0.1) is 0 Å². The molecule has 0 fully saturated rings. The molecule has 0 atom stereocenters. The summed E-state index contributed by atoms with van der Waals surface area (Å²) in [6.07, 6.45) is 8.46. The summed E-state index contributed by atoms with van der Waals surface area (Å²) >= 11 is 0. The van der Waals surface area contributed by atoms with Gasteiger partial charge in [-0.2, -0.15) is 0 Å². The van der Waals surface area contributed by atoms with Gasteiger partial charge in [0.15, 0.2) is 24.8 Å². The van der Waals surface area contributed by atoms with Crippen molar-refractivity contribution >= 4 is 43.6 Å². The van der Waals surface area contributed by atoms with Gasteiger partial charge in [0.1, 0.15) is 14.1 Å². The van der Waals surface area contributed by atoms with Crippen LogP contribution in [0.2, 0.25) is 0 Å². The van der Waals surface area contributed by atoms with Gasteiger partial charge in [0.25, 0.3) is 0 Å². The molecule has 0 N–H and O–H groups in total. The van der Waals surface area contributed by atoms with Crippen LogP contribution in [0.5, 0.6) is 0 Å². The molecular weight excluding hydrogens is 416 g/mol. The van der Waals surface area contributed by atoms with Crippen LogP contribution in [0.3, 0.4) is 0 Å². The molecule has 0 saturated carbocycles. The molecule has 0 aliphatic rings. The van der Waals surface area contributed by atoms with Crippen LogP contribution in [0.15, 0.2) is 110 Å². The summed E-state index contributed by atoms with van der Waals surface area (Å²) in [6, 6.07) is 30.8. The van der Waals surface area contributed by atoms with Crippen LogP contribution in [0.25, 0.3) is 55.0 Å². The topological polar surface area (TPSA) is 17.6 Å². The van der Waals surface area contributed by atoms with Gasteiger partial charge in [0, 0.05) is 45.8 Å². The molecule has 4 heteroatoms. The van der Waals surface area contributed by atoms with Crippen molar-refractivity contribution in [1.82, 2.24) is 9.13 Å². The number of aryl methyl sites for hydroxylation is 2. The zero-order valence-corrected chi connectivity index (χ0v) is 19.2. The lowest BCUT2D eigenvalue weighted by molar-refractivity contribution is -0.671. The highest BCUT2D eigenvalue weighted by molar-refractivity contribution is 6.23. The van der Waals surface area contributed by atoms with Gasteiger partial charge in [-0.25, -0.2) is 9.13 Å². The van der Waals surface area contributed by atoms with Gasteiger partial charge in [-0.15, -0.1) is 0 Å². The molecule has 0 bridgehead atoms. The van der Waals surface area contributed by atoms with Crippen LogP contribution in [-0.4, -0.2) is 9.13 Å². The predicted octanol–water partition coefficient (Wildman–Crippen LogP) is 5.53. The third kappa shape index (κ3) is 2.59. The largest absolute Gasteiger partial charge is 0.307 e. The average Bonchev–Trinajstić information content (AvgIpc) is 3.38. The summed E-state index contributed by atoms with van der Waals surface area (Å²) in [4.78, 5) is 0. The number of rotatable bonds is 2. The van der Waals surface area contributed by atoms with Gasteiger partial charge in [0.2, 0.25) is 0 Å². The maximum absolute atomic E-state index is 2.42.